The Morgan fingerprint density at radius 3 is 2.47 bits per heavy atom. The van der Waals surface area contributed by atoms with Crippen LogP contribution in [0.4, 0.5) is 0 Å². The third kappa shape index (κ3) is 4.86. The maximum Gasteiger partial charge on any atom is 0.244 e. The molecular formula is C13H25N3O. The summed E-state index contributed by atoms with van der Waals surface area (Å²) < 4.78 is 0. The van der Waals surface area contributed by atoms with E-state index in [1.54, 1.807) is 0 Å². The van der Waals surface area contributed by atoms with Crippen molar-refractivity contribution in [1.29, 1.82) is 0 Å². The summed E-state index contributed by atoms with van der Waals surface area (Å²) in [6.45, 7) is 9.82. The van der Waals surface area contributed by atoms with Gasteiger partial charge in [-0.3, -0.25) is 9.69 Å². The molecule has 0 atom stereocenters. The summed E-state index contributed by atoms with van der Waals surface area (Å²) in [7, 11) is 0. The van der Waals surface area contributed by atoms with Crippen molar-refractivity contribution in [2.24, 2.45) is 4.99 Å². The van der Waals surface area contributed by atoms with Crippen LogP contribution in [-0.4, -0.2) is 47.8 Å². The van der Waals surface area contributed by atoms with Crippen molar-refractivity contribution in [3.63, 3.8) is 0 Å². The molecule has 1 amide bonds. The average molecular weight is 239 g/mol. The van der Waals surface area contributed by atoms with Crippen molar-refractivity contribution in [2.75, 3.05) is 26.3 Å². The highest BCUT2D eigenvalue weighted by Gasteiger charge is 2.24. The lowest BCUT2D eigenvalue weighted by Crippen LogP contribution is -2.29. The molecule has 1 heterocycles. The third-order valence-electron chi connectivity index (χ3n) is 3.00. The summed E-state index contributed by atoms with van der Waals surface area (Å²) in [5.74, 6) is 0.876. The van der Waals surface area contributed by atoms with Crippen LogP contribution in [0.15, 0.2) is 4.99 Å². The Kier molecular flexibility index (Phi) is 6.19. The van der Waals surface area contributed by atoms with Crippen molar-refractivity contribution in [3.8, 4) is 0 Å². The largest absolute Gasteiger partial charge is 0.346 e. The molecule has 1 fully saturated rings. The maximum absolute atomic E-state index is 11.1. The van der Waals surface area contributed by atoms with E-state index in [9.17, 15) is 4.79 Å². The van der Waals surface area contributed by atoms with Crippen molar-refractivity contribution in [3.05, 3.63) is 0 Å². The summed E-state index contributed by atoms with van der Waals surface area (Å²) in [6, 6.07) is 0. The molecule has 0 aromatic carbocycles. The molecule has 0 radical (unpaired) electrons. The minimum Gasteiger partial charge on any atom is -0.346 e. The number of unbranched alkanes of at least 4 members (excludes halogenated alkanes) is 2. The number of hydrogen-bond donors (Lipinski definition) is 0. The van der Waals surface area contributed by atoms with E-state index in [1.165, 1.54) is 32.6 Å². The van der Waals surface area contributed by atoms with Gasteiger partial charge in [-0.25, -0.2) is 0 Å². The highest BCUT2D eigenvalue weighted by atomic mass is 16.1. The molecule has 1 saturated heterocycles. The number of rotatable bonds is 6. The summed E-state index contributed by atoms with van der Waals surface area (Å²) in [5, 5.41) is 0. The van der Waals surface area contributed by atoms with Gasteiger partial charge in [0.1, 0.15) is 5.84 Å². The van der Waals surface area contributed by atoms with Crippen LogP contribution in [0.2, 0.25) is 0 Å². The number of hydrogen-bond acceptors (Lipinski definition) is 2. The SMILES string of the molecule is CCCCN1CC(=NC(C)=O)N(CCCC)C1. The van der Waals surface area contributed by atoms with Gasteiger partial charge in [-0.05, 0) is 12.8 Å². The van der Waals surface area contributed by atoms with Crippen molar-refractivity contribution >= 4 is 11.7 Å². The molecule has 1 aliphatic rings. The molecular weight excluding hydrogens is 214 g/mol. The van der Waals surface area contributed by atoms with Gasteiger partial charge in [0.05, 0.1) is 13.2 Å². The average Bonchev–Trinajstić information content (AvgIpc) is 2.65. The molecule has 0 spiro atoms. The number of carbonyl (C=O) groups excluding carboxylic acids is 1. The first kappa shape index (κ1) is 14.2. The lowest BCUT2D eigenvalue weighted by molar-refractivity contribution is -0.115. The Morgan fingerprint density at radius 1 is 1.24 bits per heavy atom. The first-order chi connectivity index (χ1) is 8.17. The minimum absolute atomic E-state index is 0.0844. The van der Waals surface area contributed by atoms with Gasteiger partial charge in [-0.15, -0.1) is 0 Å². The standard InChI is InChI=1S/C13H25N3O/c1-4-6-8-15-10-13(14-12(3)17)16(11-15)9-7-5-2/h4-11H2,1-3H3. The first-order valence-electron chi connectivity index (χ1n) is 6.72. The summed E-state index contributed by atoms with van der Waals surface area (Å²) in [5.41, 5.74) is 0. The molecule has 1 rings (SSSR count). The minimum atomic E-state index is -0.0844. The van der Waals surface area contributed by atoms with E-state index in [1.807, 2.05) is 0 Å². The van der Waals surface area contributed by atoms with Crippen LogP contribution in [0, 0.1) is 0 Å². The van der Waals surface area contributed by atoms with E-state index >= 15 is 0 Å². The van der Waals surface area contributed by atoms with Gasteiger partial charge in [0.25, 0.3) is 0 Å². The molecule has 0 aromatic rings. The second-order valence-corrected chi connectivity index (χ2v) is 4.71. The fourth-order valence-electron chi connectivity index (χ4n) is 2.04. The van der Waals surface area contributed by atoms with Gasteiger partial charge in [0, 0.05) is 20.0 Å². The van der Waals surface area contributed by atoms with Gasteiger partial charge >= 0.3 is 0 Å². The summed E-state index contributed by atoms with van der Waals surface area (Å²) in [6.07, 6.45) is 4.77. The Hall–Kier alpha value is -0.900. The van der Waals surface area contributed by atoms with Gasteiger partial charge in [0.15, 0.2) is 0 Å². The Morgan fingerprint density at radius 2 is 1.88 bits per heavy atom. The quantitative estimate of drug-likeness (QED) is 0.712. The zero-order chi connectivity index (χ0) is 12.7. The summed E-state index contributed by atoms with van der Waals surface area (Å²) >= 11 is 0. The molecule has 1 aliphatic heterocycles. The second-order valence-electron chi connectivity index (χ2n) is 4.71. The lowest BCUT2D eigenvalue weighted by atomic mass is 10.3. The van der Waals surface area contributed by atoms with E-state index in [-0.39, 0.29) is 5.91 Å². The third-order valence-corrected chi connectivity index (χ3v) is 3.00. The number of carbonyl (C=O) groups is 1. The van der Waals surface area contributed by atoms with Crippen molar-refractivity contribution in [1.82, 2.24) is 9.80 Å². The highest BCUT2D eigenvalue weighted by molar-refractivity contribution is 5.95. The monoisotopic (exact) mass is 239 g/mol. The molecule has 4 heteroatoms. The smallest absolute Gasteiger partial charge is 0.244 e. The zero-order valence-electron chi connectivity index (χ0n) is 11.4. The van der Waals surface area contributed by atoms with Crippen molar-refractivity contribution < 1.29 is 4.79 Å². The van der Waals surface area contributed by atoms with Crippen LogP contribution >= 0.6 is 0 Å². The Balaban J connectivity index is 2.55. The second kappa shape index (κ2) is 7.43. The molecule has 0 saturated carbocycles. The molecule has 0 aliphatic carbocycles. The van der Waals surface area contributed by atoms with Crippen LogP contribution in [0.3, 0.4) is 0 Å². The molecule has 0 N–H and O–H groups in total. The van der Waals surface area contributed by atoms with Crippen LogP contribution < -0.4 is 0 Å². The zero-order valence-corrected chi connectivity index (χ0v) is 11.4. The molecule has 0 unspecified atom stereocenters. The number of amidine groups is 1. The van der Waals surface area contributed by atoms with E-state index in [0.717, 1.165) is 32.1 Å². The fraction of sp³-hybridized carbons (Fsp3) is 0.846. The van der Waals surface area contributed by atoms with Gasteiger partial charge < -0.3 is 4.90 Å². The summed E-state index contributed by atoms with van der Waals surface area (Å²) in [4.78, 5) is 19.9. The fourth-order valence-corrected chi connectivity index (χ4v) is 2.04. The normalized spacial score (nSPS) is 19.2. The van der Waals surface area contributed by atoms with Gasteiger partial charge in [-0.1, -0.05) is 26.7 Å². The van der Waals surface area contributed by atoms with Crippen LogP contribution in [0.5, 0.6) is 0 Å². The van der Waals surface area contributed by atoms with Gasteiger partial charge in [0.2, 0.25) is 5.91 Å². The van der Waals surface area contributed by atoms with E-state index in [0.29, 0.717) is 0 Å². The molecule has 0 bridgehead atoms. The predicted octanol–water partition coefficient (Wildman–Crippen LogP) is 2.11. The Labute approximate surface area is 105 Å². The van der Waals surface area contributed by atoms with E-state index in [2.05, 4.69) is 28.6 Å². The van der Waals surface area contributed by atoms with E-state index < -0.39 is 0 Å². The maximum atomic E-state index is 11.1. The van der Waals surface area contributed by atoms with E-state index in [4.69, 9.17) is 0 Å². The molecule has 0 aromatic heterocycles. The highest BCUT2D eigenvalue weighted by Crippen LogP contribution is 2.11. The Bertz CT molecular complexity index is 276. The number of amides is 1. The van der Waals surface area contributed by atoms with Gasteiger partial charge in [-0.2, -0.15) is 4.99 Å². The first-order valence-corrected chi connectivity index (χ1v) is 6.72. The van der Waals surface area contributed by atoms with Crippen molar-refractivity contribution in [2.45, 2.75) is 46.5 Å². The molecule has 17 heavy (non-hydrogen) atoms. The number of nitrogens with zero attached hydrogens (tertiary/aromatic N) is 3. The molecule has 98 valence electrons. The molecule has 4 nitrogen and oxygen atoms in total. The number of aliphatic imine (C=N–C) groups is 1. The lowest BCUT2D eigenvalue weighted by Gasteiger charge is -2.18. The topological polar surface area (TPSA) is 35.9 Å². The predicted molar refractivity (Wildman–Crippen MR) is 71.1 cm³/mol. The van der Waals surface area contributed by atoms with Crippen LogP contribution in [-0.2, 0) is 4.79 Å². The van der Waals surface area contributed by atoms with Crippen LogP contribution in [0.25, 0.3) is 0 Å². The van der Waals surface area contributed by atoms with Crippen LogP contribution in [0.1, 0.15) is 46.5 Å².